The lowest BCUT2D eigenvalue weighted by molar-refractivity contribution is -0.123. The predicted octanol–water partition coefficient (Wildman–Crippen LogP) is 3.99. The summed E-state index contributed by atoms with van der Waals surface area (Å²) < 4.78 is 0. The summed E-state index contributed by atoms with van der Waals surface area (Å²) in [5, 5.41) is 4.50. The molecule has 6 heteroatoms. The van der Waals surface area contributed by atoms with E-state index in [1.165, 1.54) is 5.56 Å². The molecule has 0 radical (unpaired) electrons. The average molecular weight is 406 g/mol. The van der Waals surface area contributed by atoms with Crippen LogP contribution in [0.4, 0.5) is 0 Å². The predicted molar refractivity (Wildman–Crippen MR) is 111 cm³/mol. The van der Waals surface area contributed by atoms with Gasteiger partial charge in [0, 0.05) is 42.8 Å². The van der Waals surface area contributed by atoms with Crippen molar-refractivity contribution in [2.24, 2.45) is 0 Å². The molecule has 1 N–H and O–H groups in total. The van der Waals surface area contributed by atoms with Gasteiger partial charge in [0.15, 0.2) is 0 Å². The molecule has 1 unspecified atom stereocenters. The van der Waals surface area contributed by atoms with Crippen LogP contribution in [0.1, 0.15) is 24.1 Å². The van der Waals surface area contributed by atoms with Crippen molar-refractivity contribution in [3.05, 3.63) is 69.7 Å². The van der Waals surface area contributed by atoms with Gasteiger partial charge in [-0.15, -0.1) is 0 Å². The number of amides is 1. The van der Waals surface area contributed by atoms with Crippen LogP contribution in [-0.4, -0.2) is 48.4 Å². The molecular weight excluding hydrogens is 381 g/mol. The largest absolute Gasteiger partial charge is 0.348 e. The van der Waals surface area contributed by atoms with Crippen LogP contribution in [0.15, 0.2) is 48.5 Å². The van der Waals surface area contributed by atoms with Crippen LogP contribution in [0.3, 0.4) is 0 Å². The smallest absolute Gasteiger partial charge is 0.234 e. The molecule has 0 aliphatic carbocycles. The van der Waals surface area contributed by atoms with Gasteiger partial charge in [-0.3, -0.25) is 14.6 Å². The Morgan fingerprint density at radius 2 is 1.63 bits per heavy atom. The Morgan fingerprint density at radius 1 is 1.00 bits per heavy atom. The van der Waals surface area contributed by atoms with E-state index in [1.54, 1.807) is 0 Å². The van der Waals surface area contributed by atoms with Crippen LogP contribution in [-0.2, 0) is 11.3 Å². The van der Waals surface area contributed by atoms with E-state index in [-0.39, 0.29) is 11.9 Å². The normalized spacial score (nSPS) is 16.9. The zero-order valence-corrected chi connectivity index (χ0v) is 17.0. The Morgan fingerprint density at radius 3 is 2.30 bits per heavy atom. The van der Waals surface area contributed by atoms with Gasteiger partial charge in [0.05, 0.1) is 12.6 Å². The number of nitrogens with one attached hydrogen (secondary N) is 1. The van der Waals surface area contributed by atoms with Gasteiger partial charge < -0.3 is 5.32 Å². The van der Waals surface area contributed by atoms with Crippen molar-refractivity contribution in [2.45, 2.75) is 19.5 Å². The number of hydrogen-bond donors (Lipinski definition) is 1. The molecule has 0 saturated carbocycles. The highest BCUT2D eigenvalue weighted by molar-refractivity contribution is 6.31. The molecule has 1 fully saturated rings. The van der Waals surface area contributed by atoms with Gasteiger partial charge in [0.2, 0.25) is 5.91 Å². The summed E-state index contributed by atoms with van der Waals surface area (Å²) in [6, 6.07) is 15.5. The highest BCUT2D eigenvalue weighted by Gasteiger charge is 2.20. The molecule has 2 aromatic carbocycles. The maximum absolute atomic E-state index is 12.4. The summed E-state index contributed by atoms with van der Waals surface area (Å²) in [5.74, 6) is 0.0357. The molecule has 0 bridgehead atoms. The summed E-state index contributed by atoms with van der Waals surface area (Å²) in [4.78, 5) is 17.0. The van der Waals surface area contributed by atoms with Gasteiger partial charge >= 0.3 is 0 Å². The maximum atomic E-state index is 12.4. The first kappa shape index (κ1) is 20.2. The van der Waals surface area contributed by atoms with Gasteiger partial charge in [-0.05, 0) is 36.2 Å². The van der Waals surface area contributed by atoms with E-state index < -0.39 is 0 Å². The van der Waals surface area contributed by atoms with E-state index in [2.05, 4.69) is 27.2 Å². The zero-order valence-electron chi connectivity index (χ0n) is 15.5. The van der Waals surface area contributed by atoms with Crippen molar-refractivity contribution in [2.75, 3.05) is 32.7 Å². The fourth-order valence-electron chi connectivity index (χ4n) is 3.35. The SMILES string of the molecule is CC(NC(=O)CN1CCN(Cc2ccc(Cl)cc2)CC1)c1ccccc1Cl. The number of halogens is 2. The van der Waals surface area contributed by atoms with E-state index >= 15 is 0 Å². The molecule has 144 valence electrons. The third kappa shape index (κ3) is 5.94. The van der Waals surface area contributed by atoms with Crippen LogP contribution >= 0.6 is 23.2 Å². The molecule has 1 heterocycles. The first-order valence-electron chi connectivity index (χ1n) is 9.24. The van der Waals surface area contributed by atoms with Crippen LogP contribution in [0, 0.1) is 0 Å². The standard InChI is InChI=1S/C21H25Cl2N3O/c1-16(19-4-2-3-5-20(19)23)24-21(27)15-26-12-10-25(11-13-26)14-17-6-8-18(22)9-7-17/h2-9,16H,10-15H2,1H3,(H,24,27). The van der Waals surface area contributed by atoms with Gasteiger partial charge in [-0.25, -0.2) is 0 Å². The van der Waals surface area contributed by atoms with Gasteiger partial charge in [-0.1, -0.05) is 53.5 Å². The number of piperazine rings is 1. The van der Waals surface area contributed by atoms with Crippen molar-refractivity contribution in [1.82, 2.24) is 15.1 Å². The second-order valence-corrected chi connectivity index (χ2v) is 7.83. The molecule has 0 aromatic heterocycles. The third-order valence-electron chi connectivity index (χ3n) is 4.90. The number of rotatable bonds is 6. The number of carbonyl (C=O) groups is 1. The van der Waals surface area contributed by atoms with Gasteiger partial charge in [0.25, 0.3) is 0 Å². The molecular formula is C21H25Cl2N3O. The number of benzene rings is 2. The average Bonchev–Trinajstić information content (AvgIpc) is 2.65. The second-order valence-electron chi connectivity index (χ2n) is 6.99. The lowest BCUT2D eigenvalue weighted by Crippen LogP contribution is -2.49. The van der Waals surface area contributed by atoms with Crippen molar-refractivity contribution in [3.8, 4) is 0 Å². The van der Waals surface area contributed by atoms with Crippen molar-refractivity contribution < 1.29 is 4.79 Å². The lowest BCUT2D eigenvalue weighted by Gasteiger charge is -2.34. The molecule has 1 atom stereocenters. The monoisotopic (exact) mass is 405 g/mol. The van der Waals surface area contributed by atoms with E-state index in [0.717, 1.165) is 43.3 Å². The van der Waals surface area contributed by atoms with E-state index in [4.69, 9.17) is 23.2 Å². The molecule has 27 heavy (non-hydrogen) atoms. The highest BCUT2D eigenvalue weighted by Crippen LogP contribution is 2.22. The molecule has 1 amide bonds. The maximum Gasteiger partial charge on any atom is 0.234 e. The Kier molecular flexibility index (Phi) is 7.13. The topological polar surface area (TPSA) is 35.6 Å². The Bertz CT molecular complexity index is 758. The molecule has 2 aromatic rings. The molecule has 3 rings (SSSR count). The summed E-state index contributed by atoms with van der Waals surface area (Å²) in [7, 11) is 0. The molecule has 0 spiro atoms. The third-order valence-corrected chi connectivity index (χ3v) is 5.50. The number of carbonyl (C=O) groups excluding carboxylic acids is 1. The lowest BCUT2D eigenvalue weighted by atomic mass is 10.1. The fraction of sp³-hybridized carbons (Fsp3) is 0.381. The van der Waals surface area contributed by atoms with Crippen LogP contribution < -0.4 is 5.32 Å². The summed E-state index contributed by atoms with van der Waals surface area (Å²) >= 11 is 12.2. The van der Waals surface area contributed by atoms with Crippen molar-refractivity contribution in [3.63, 3.8) is 0 Å². The summed E-state index contributed by atoms with van der Waals surface area (Å²) in [6.45, 7) is 6.99. The Hall–Kier alpha value is -1.59. The van der Waals surface area contributed by atoms with E-state index in [1.807, 2.05) is 43.3 Å². The molecule has 1 aliphatic rings. The highest BCUT2D eigenvalue weighted by atomic mass is 35.5. The van der Waals surface area contributed by atoms with Gasteiger partial charge in [-0.2, -0.15) is 0 Å². The van der Waals surface area contributed by atoms with Crippen molar-refractivity contribution in [1.29, 1.82) is 0 Å². The Balaban J connectivity index is 1.42. The number of hydrogen-bond acceptors (Lipinski definition) is 3. The summed E-state index contributed by atoms with van der Waals surface area (Å²) in [5.41, 5.74) is 2.21. The minimum atomic E-state index is -0.0996. The first-order chi connectivity index (χ1) is 13.0. The zero-order chi connectivity index (χ0) is 19.2. The Labute approximate surface area is 171 Å². The quantitative estimate of drug-likeness (QED) is 0.788. The minimum Gasteiger partial charge on any atom is -0.348 e. The van der Waals surface area contributed by atoms with Crippen LogP contribution in [0.2, 0.25) is 10.0 Å². The van der Waals surface area contributed by atoms with Crippen LogP contribution in [0.5, 0.6) is 0 Å². The molecule has 4 nitrogen and oxygen atoms in total. The second kappa shape index (κ2) is 9.56. The molecule has 1 aliphatic heterocycles. The van der Waals surface area contributed by atoms with Crippen molar-refractivity contribution >= 4 is 29.1 Å². The minimum absolute atomic E-state index is 0.0357. The molecule has 1 saturated heterocycles. The fourth-order valence-corrected chi connectivity index (χ4v) is 3.77. The first-order valence-corrected chi connectivity index (χ1v) is 10.00. The van der Waals surface area contributed by atoms with E-state index in [9.17, 15) is 4.79 Å². The number of nitrogens with zero attached hydrogens (tertiary/aromatic N) is 2. The van der Waals surface area contributed by atoms with E-state index in [0.29, 0.717) is 11.6 Å². The summed E-state index contributed by atoms with van der Waals surface area (Å²) in [6.07, 6.45) is 0. The van der Waals surface area contributed by atoms with Crippen LogP contribution in [0.25, 0.3) is 0 Å². The van der Waals surface area contributed by atoms with Gasteiger partial charge in [0.1, 0.15) is 0 Å².